The Hall–Kier alpha value is -0.580. The van der Waals surface area contributed by atoms with Gasteiger partial charge in [0.05, 0.1) is 0 Å². The summed E-state index contributed by atoms with van der Waals surface area (Å²) >= 11 is 2.49. The van der Waals surface area contributed by atoms with E-state index in [9.17, 15) is 0 Å². The van der Waals surface area contributed by atoms with Gasteiger partial charge in [-0.1, -0.05) is 13.8 Å². The second-order valence-corrected chi connectivity index (χ2v) is 6.22. The molecule has 0 spiro atoms. The highest BCUT2D eigenvalue weighted by Gasteiger charge is 2.31. The van der Waals surface area contributed by atoms with Crippen LogP contribution >= 0.6 is 22.6 Å². The summed E-state index contributed by atoms with van der Waals surface area (Å²) in [5, 5.41) is 1.32. The molecule has 1 saturated carbocycles. The van der Waals surface area contributed by atoms with Gasteiger partial charge in [0.1, 0.15) is 5.65 Å². The fraction of sp³-hybridized carbons (Fsp3) is 0.429. The summed E-state index contributed by atoms with van der Waals surface area (Å²) in [6.45, 7) is 5.39. The van der Waals surface area contributed by atoms with E-state index in [1.165, 1.54) is 33.4 Å². The van der Waals surface area contributed by atoms with Crippen molar-refractivity contribution in [3.05, 3.63) is 33.5 Å². The monoisotopic (exact) mass is 339 g/mol. The van der Waals surface area contributed by atoms with E-state index in [0.29, 0.717) is 0 Å². The van der Waals surface area contributed by atoms with E-state index in [2.05, 4.69) is 52.1 Å². The summed E-state index contributed by atoms with van der Waals surface area (Å²) in [6.07, 6.45) is 4.58. The Kier molecular flexibility index (Phi) is 2.89. The van der Waals surface area contributed by atoms with Gasteiger partial charge in [0.2, 0.25) is 0 Å². The molecule has 1 radical (unpaired) electrons. The number of pyridine rings is 1. The Morgan fingerprint density at radius 2 is 2.24 bits per heavy atom. The lowest BCUT2D eigenvalue weighted by Crippen LogP contribution is -2.07. The first-order valence-corrected chi connectivity index (χ1v) is 7.18. The number of hydrogen-bond donors (Lipinski definition) is 0. The molecule has 0 aliphatic heterocycles. The number of aromatic nitrogens is 2. The van der Waals surface area contributed by atoms with Crippen LogP contribution in [0.5, 0.6) is 0 Å². The molecule has 2 heterocycles. The van der Waals surface area contributed by atoms with E-state index in [-0.39, 0.29) is 0 Å². The molecule has 0 amide bonds. The molecule has 0 atom stereocenters. The van der Waals surface area contributed by atoms with Gasteiger partial charge in [0, 0.05) is 33.3 Å². The molecule has 2 aromatic heterocycles. The van der Waals surface area contributed by atoms with Crippen molar-refractivity contribution in [3.8, 4) is 0 Å². The standard InChI is InChI=1S/C14H16IN2/c1-9(2)8-17-13(10-5-6-10)12(15)11-4-3-7-16-14(11)17/h3-4,7,10H,5-6,8H2,1-2H3. The average molecular weight is 339 g/mol. The third-order valence-electron chi connectivity index (χ3n) is 3.23. The maximum atomic E-state index is 4.57. The van der Waals surface area contributed by atoms with Crippen LogP contribution in [0, 0.1) is 9.49 Å². The van der Waals surface area contributed by atoms with Crippen molar-refractivity contribution in [1.82, 2.24) is 9.55 Å². The molecule has 0 bridgehead atoms. The van der Waals surface area contributed by atoms with Crippen LogP contribution in [-0.4, -0.2) is 9.55 Å². The summed E-state index contributed by atoms with van der Waals surface area (Å²) in [4.78, 5) is 4.57. The Morgan fingerprint density at radius 1 is 1.47 bits per heavy atom. The van der Waals surface area contributed by atoms with Crippen LogP contribution in [0.1, 0.15) is 38.3 Å². The molecule has 0 N–H and O–H groups in total. The predicted octanol–water partition coefficient (Wildman–Crippen LogP) is 4.13. The van der Waals surface area contributed by atoms with Gasteiger partial charge in [-0.2, -0.15) is 0 Å². The van der Waals surface area contributed by atoms with Crippen LogP contribution in [0.2, 0.25) is 0 Å². The zero-order valence-electron chi connectivity index (χ0n) is 10.2. The van der Waals surface area contributed by atoms with E-state index in [1.807, 2.05) is 12.3 Å². The van der Waals surface area contributed by atoms with Crippen LogP contribution in [0.4, 0.5) is 0 Å². The van der Waals surface area contributed by atoms with E-state index in [0.717, 1.165) is 18.1 Å². The Morgan fingerprint density at radius 3 is 2.88 bits per heavy atom. The van der Waals surface area contributed by atoms with Crippen LogP contribution in [0.3, 0.4) is 0 Å². The summed E-state index contributed by atoms with van der Waals surface area (Å²) < 4.78 is 3.83. The molecular weight excluding hydrogens is 323 g/mol. The molecule has 3 heteroatoms. The largest absolute Gasteiger partial charge is 0.328 e. The van der Waals surface area contributed by atoms with E-state index in [4.69, 9.17) is 0 Å². The third-order valence-corrected chi connectivity index (χ3v) is 4.37. The second-order valence-electron chi connectivity index (χ2n) is 5.14. The van der Waals surface area contributed by atoms with Gasteiger partial charge in [0.25, 0.3) is 0 Å². The van der Waals surface area contributed by atoms with Gasteiger partial charge in [-0.15, -0.1) is 0 Å². The lowest BCUT2D eigenvalue weighted by Gasteiger charge is -2.11. The normalized spacial score (nSPS) is 16.0. The Labute approximate surface area is 116 Å². The van der Waals surface area contributed by atoms with Gasteiger partial charge >= 0.3 is 0 Å². The lowest BCUT2D eigenvalue weighted by atomic mass is 10.2. The fourth-order valence-electron chi connectivity index (χ4n) is 2.39. The van der Waals surface area contributed by atoms with Crippen molar-refractivity contribution in [2.45, 2.75) is 39.2 Å². The minimum Gasteiger partial charge on any atom is -0.328 e. The highest BCUT2D eigenvalue weighted by Crippen LogP contribution is 2.45. The Bertz CT molecular complexity index is 553. The zero-order chi connectivity index (χ0) is 12.0. The van der Waals surface area contributed by atoms with Gasteiger partial charge in [-0.3, -0.25) is 0 Å². The van der Waals surface area contributed by atoms with Crippen LogP contribution in [0.25, 0.3) is 11.0 Å². The highest BCUT2D eigenvalue weighted by molar-refractivity contribution is 14.1. The van der Waals surface area contributed by atoms with Crippen LogP contribution < -0.4 is 0 Å². The molecule has 1 aliphatic carbocycles. The van der Waals surface area contributed by atoms with Gasteiger partial charge in [0.15, 0.2) is 0 Å². The smallest absolute Gasteiger partial charge is 0.141 e. The number of hydrogen-bond acceptors (Lipinski definition) is 1. The van der Waals surface area contributed by atoms with Crippen molar-refractivity contribution in [2.24, 2.45) is 0 Å². The third kappa shape index (κ3) is 1.98. The van der Waals surface area contributed by atoms with Crippen LogP contribution in [-0.2, 0) is 6.54 Å². The van der Waals surface area contributed by atoms with Gasteiger partial charge in [-0.25, -0.2) is 4.98 Å². The number of nitrogens with zero attached hydrogens (tertiary/aromatic N) is 2. The van der Waals surface area contributed by atoms with E-state index < -0.39 is 0 Å². The minimum atomic E-state index is 0.774. The zero-order valence-corrected chi connectivity index (χ0v) is 12.4. The molecule has 2 nitrogen and oxygen atoms in total. The molecule has 0 unspecified atom stereocenters. The molecule has 3 rings (SSSR count). The van der Waals surface area contributed by atoms with Crippen LogP contribution in [0.15, 0.2) is 18.3 Å². The minimum absolute atomic E-state index is 0.774. The fourth-order valence-corrected chi connectivity index (χ4v) is 3.54. The van der Waals surface area contributed by atoms with Crippen molar-refractivity contribution in [2.75, 3.05) is 0 Å². The molecule has 89 valence electrons. The lowest BCUT2D eigenvalue weighted by molar-refractivity contribution is 0.690. The first-order chi connectivity index (χ1) is 8.18. The quantitative estimate of drug-likeness (QED) is 0.769. The molecule has 2 aromatic rings. The summed E-state index contributed by atoms with van der Waals surface area (Å²) in [5.41, 5.74) is 2.67. The second kappa shape index (κ2) is 4.26. The van der Waals surface area contributed by atoms with Crippen molar-refractivity contribution in [3.63, 3.8) is 0 Å². The van der Waals surface area contributed by atoms with Crippen molar-refractivity contribution < 1.29 is 0 Å². The van der Waals surface area contributed by atoms with Gasteiger partial charge < -0.3 is 4.57 Å². The number of fused-ring (bicyclic) bond motifs is 1. The molecule has 0 aromatic carbocycles. The molecule has 1 fully saturated rings. The summed E-state index contributed by atoms with van der Waals surface area (Å²) in [5.74, 6) is 2.21. The first kappa shape index (κ1) is 11.5. The SMILES string of the molecule is C[C](C)Cn1c(C2CC2)c(I)c2cccnc21. The maximum absolute atomic E-state index is 4.57. The number of rotatable bonds is 3. The molecular formula is C14H16IN2. The van der Waals surface area contributed by atoms with Crippen molar-refractivity contribution >= 4 is 33.6 Å². The molecule has 0 saturated heterocycles. The van der Waals surface area contributed by atoms with Crippen molar-refractivity contribution in [1.29, 1.82) is 0 Å². The number of halogens is 1. The highest BCUT2D eigenvalue weighted by atomic mass is 127. The Balaban J connectivity index is 2.23. The average Bonchev–Trinajstić information content (AvgIpc) is 3.08. The topological polar surface area (TPSA) is 17.8 Å². The van der Waals surface area contributed by atoms with E-state index >= 15 is 0 Å². The summed E-state index contributed by atoms with van der Waals surface area (Å²) in [6, 6.07) is 4.23. The predicted molar refractivity (Wildman–Crippen MR) is 79.0 cm³/mol. The molecule has 1 aliphatic rings. The van der Waals surface area contributed by atoms with Gasteiger partial charge in [-0.05, 0) is 53.5 Å². The maximum Gasteiger partial charge on any atom is 0.141 e. The van der Waals surface area contributed by atoms with E-state index in [1.54, 1.807) is 0 Å². The molecule has 17 heavy (non-hydrogen) atoms. The first-order valence-electron chi connectivity index (χ1n) is 6.10. The summed E-state index contributed by atoms with van der Waals surface area (Å²) in [7, 11) is 0.